The number of rotatable bonds is 4. The Morgan fingerprint density at radius 1 is 1.53 bits per heavy atom. The van der Waals surface area contributed by atoms with Crippen molar-refractivity contribution in [1.82, 2.24) is 4.98 Å². The maximum atomic E-state index is 5.66. The van der Waals surface area contributed by atoms with E-state index in [0.717, 1.165) is 23.0 Å². The van der Waals surface area contributed by atoms with E-state index < -0.39 is 0 Å². The second kappa shape index (κ2) is 5.00. The summed E-state index contributed by atoms with van der Waals surface area (Å²) >= 11 is 5.00. The van der Waals surface area contributed by atoms with Gasteiger partial charge in [0, 0.05) is 17.3 Å². The summed E-state index contributed by atoms with van der Waals surface area (Å²) in [6.07, 6.45) is 4.00. The molecule has 0 spiro atoms. The first-order valence-electron chi connectivity index (χ1n) is 6.11. The van der Waals surface area contributed by atoms with Gasteiger partial charge in [0.25, 0.3) is 0 Å². The van der Waals surface area contributed by atoms with Crippen LogP contribution >= 0.6 is 12.2 Å². The quantitative estimate of drug-likeness (QED) is 0.805. The van der Waals surface area contributed by atoms with E-state index >= 15 is 0 Å². The molecule has 1 saturated carbocycles. The average Bonchev–Trinajstić information content (AvgIpc) is 2.13. The van der Waals surface area contributed by atoms with Crippen LogP contribution in [0.15, 0.2) is 12.1 Å². The number of nitrogens with one attached hydrogen (secondary N) is 1. The van der Waals surface area contributed by atoms with Gasteiger partial charge >= 0.3 is 0 Å². The molecule has 0 amide bonds. The molecule has 0 aliphatic heterocycles. The molecule has 3 nitrogen and oxygen atoms in total. The molecule has 1 heterocycles. The van der Waals surface area contributed by atoms with Crippen LogP contribution in [-0.4, -0.2) is 16.0 Å². The Labute approximate surface area is 108 Å². The summed E-state index contributed by atoms with van der Waals surface area (Å²) in [6.45, 7) is 4.18. The summed E-state index contributed by atoms with van der Waals surface area (Å²) in [5, 5.41) is 3.45. The van der Waals surface area contributed by atoms with Crippen LogP contribution in [0.3, 0.4) is 0 Å². The normalized spacial score (nSPS) is 17.3. The van der Waals surface area contributed by atoms with Crippen molar-refractivity contribution < 1.29 is 0 Å². The number of anilines is 1. The Balaban J connectivity index is 2.11. The molecule has 0 aromatic carbocycles. The molecule has 17 heavy (non-hydrogen) atoms. The lowest BCUT2D eigenvalue weighted by Gasteiger charge is -2.32. The highest BCUT2D eigenvalue weighted by molar-refractivity contribution is 7.80. The van der Waals surface area contributed by atoms with E-state index in [4.69, 9.17) is 18.0 Å². The van der Waals surface area contributed by atoms with Gasteiger partial charge in [0.05, 0.1) is 0 Å². The molecule has 1 atom stereocenters. The number of nitrogens with zero attached hydrogens (tertiary/aromatic N) is 1. The number of hydrogen-bond acceptors (Lipinski definition) is 3. The molecule has 1 aliphatic carbocycles. The van der Waals surface area contributed by atoms with E-state index in [-0.39, 0.29) is 0 Å². The third kappa shape index (κ3) is 2.94. The summed E-state index contributed by atoms with van der Waals surface area (Å²) in [5.74, 6) is 1.66. The van der Waals surface area contributed by atoms with E-state index in [1.54, 1.807) is 0 Å². The van der Waals surface area contributed by atoms with Crippen molar-refractivity contribution in [2.75, 3.05) is 5.32 Å². The summed E-state index contributed by atoms with van der Waals surface area (Å²) < 4.78 is 0. The third-order valence-electron chi connectivity index (χ3n) is 3.47. The fourth-order valence-electron chi connectivity index (χ4n) is 2.18. The van der Waals surface area contributed by atoms with Crippen LogP contribution < -0.4 is 11.1 Å². The van der Waals surface area contributed by atoms with Crippen LogP contribution in [0, 0.1) is 12.8 Å². The molecule has 2 rings (SSSR count). The van der Waals surface area contributed by atoms with E-state index in [1.807, 2.05) is 19.1 Å². The van der Waals surface area contributed by atoms with Gasteiger partial charge in [0.2, 0.25) is 0 Å². The SMILES string of the molecule is Cc1cc(C(N)=S)cc(NC(C)C2CCC2)n1. The maximum Gasteiger partial charge on any atom is 0.127 e. The van der Waals surface area contributed by atoms with Gasteiger partial charge in [-0.3, -0.25) is 0 Å². The van der Waals surface area contributed by atoms with Crippen LogP contribution in [0.2, 0.25) is 0 Å². The number of nitrogens with two attached hydrogens (primary N) is 1. The fourth-order valence-corrected chi connectivity index (χ4v) is 2.29. The minimum Gasteiger partial charge on any atom is -0.389 e. The highest BCUT2D eigenvalue weighted by Gasteiger charge is 2.23. The lowest BCUT2D eigenvalue weighted by atomic mass is 9.80. The number of thiocarbonyl (C=S) groups is 1. The second-order valence-electron chi connectivity index (χ2n) is 4.87. The van der Waals surface area contributed by atoms with E-state index in [0.29, 0.717) is 11.0 Å². The minimum atomic E-state index is 0.426. The van der Waals surface area contributed by atoms with Gasteiger partial charge in [-0.05, 0) is 44.7 Å². The summed E-state index contributed by atoms with van der Waals surface area (Å²) in [4.78, 5) is 4.90. The first kappa shape index (κ1) is 12.3. The highest BCUT2D eigenvalue weighted by atomic mass is 32.1. The summed E-state index contributed by atoms with van der Waals surface area (Å²) in [7, 11) is 0. The van der Waals surface area contributed by atoms with Crippen LogP contribution in [0.25, 0.3) is 0 Å². The summed E-state index contributed by atoms with van der Waals surface area (Å²) in [6, 6.07) is 4.32. The number of hydrogen-bond donors (Lipinski definition) is 2. The Kier molecular flexibility index (Phi) is 3.62. The highest BCUT2D eigenvalue weighted by Crippen LogP contribution is 2.30. The lowest BCUT2D eigenvalue weighted by Crippen LogP contribution is -2.31. The molecular formula is C13H19N3S. The number of pyridine rings is 1. The summed E-state index contributed by atoms with van der Waals surface area (Å²) in [5.41, 5.74) is 7.48. The molecule has 92 valence electrons. The van der Waals surface area contributed by atoms with E-state index in [2.05, 4.69) is 17.2 Å². The van der Waals surface area contributed by atoms with Gasteiger partial charge in [-0.15, -0.1) is 0 Å². The van der Waals surface area contributed by atoms with Gasteiger partial charge in [-0.1, -0.05) is 18.6 Å². The van der Waals surface area contributed by atoms with Crippen molar-refractivity contribution in [3.8, 4) is 0 Å². The molecule has 1 unspecified atom stereocenters. The van der Waals surface area contributed by atoms with Crippen LogP contribution in [0.1, 0.15) is 37.4 Å². The topological polar surface area (TPSA) is 50.9 Å². The zero-order valence-corrected chi connectivity index (χ0v) is 11.2. The van der Waals surface area contributed by atoms with Crippen LogP contribution in [-0.2, 0) is 0 Å². The maximum absolute atomic E-state index is 5.66. The third-order valence-corrected chi connectivity index (χ3v) is 3.71. The van der Waals surface area contributed by atoms with Gasteiger partial charge in [-0.2, -0.15) is 0 Å². The zero-order chi connectivity index (χ0) is 12.4. The standard InChI is InChI=1S/C13H19N3S/c1-8-6-11(13(14)17)7-12(15-8)16-9(2)10-4-3-5-10/h6-7,9-10H,3-5H2,1-2H3,(H2,14,17)(H,15,16). The Bertz CT molecular complexity index is 427. The number of aryl methyl sites for hydroxylation is 1. The molecule has 1 aliphatic rings. The largest absolute Gasteiger partial charge is 0.389 e. The van der Waals surface area contributed by atoms with Crippen molar-refractivity contribution in [2.24, 2.45) is 11.7 Å². The molecule has 4 heteroatoms. The molecule has 3 N–H and O–H groups in total. The van der Waals surface area contributed by atoms with Gasteiger partial charge in [0.15, 0.2) is 0 Å². The van der Waals surface area contributed by atoms with Crippen molar-refractivity contribution >= 4 is 23.0 Å². The van der Waals surface area contributed by atoms with Gasteiger partial charge < -0.3 is 11.1 Å². The van der Waals surface area contributed by atoms with Gasteiger partial charge in [-0.25, -0.2) is 4.98 Å². The predicted molar refractivity (Wildman–Crippen MR) is 75.3 cm³/mol. The molecular weight excluding hydrogens is 230 g/mol. The van der Waals surface area contributed by atoms with Crippen molar-refractivity contribution in [1.29, 1.82) is 0 Å². The molecule has 1 fully saturated rings. The fraction of sp³-hybridized carbons (Fsp3) is 0.538. The van der Waals surface area contributed by atoms with E-state index in [9.17, 15) is 0 Å². The molecule has 0 bridgehead atoms. The Hall–Kier alpha value is -1.16. The smallest absolute Gasteiger partial charge is 0.127 e. The van der Waals surface area contributed by atoms with Gasteiger partial charge in [0.1, 0.15) is 10.8 Å². The Morgan fingerprint density at radius 3 is 2.76 bits per heavy atom. The monoisotopic (exact) mass is 249 g/mol. The molecule has 1 aromatic heterocycles. The minimum absolute atomic E-state index is 0.426. The number of aromatic nitrogens is 1. The second-order valence-corrected chi connectivity index (χ2v) is 5.31. The van der Waals surface area contributed by atoms with Crippen LogP contribution in [0.5, 0.6) is 0 Å². The van der Waals surface area contributed by atoms with Crippen LogP contribution in [0.4, 0.5) is 5.82 Å². The molecule has 0 saturated heterocycles. The van der Waals surface area contributed by atoms with Crippen molar-refractivity contribution in [3.63, 3.8) is 0 Å². The zero-order valence-electron chi connectivity index (χ0n) is 10.4. The van der Waals surface area contributed by atoms with Crippen molar-refractivity contribution in [2.45, 2.75) is 39.2 Å². The predicted octanol–water partition coefficient (Wildman–Crippen LogP) is 2.62. The first-order valence-corrected chi connectivity index (χ1v) is 6.52. The van der Waals surface area contributed by atoms with E-state index in [1.165, 1.54) is 19.3 Å². The average molecular weight is 249 g/mol. The lowest BCUT2D eigenvalue weighted by molar-refractivity contribution is 0.285. The Morgan fingerprint density at radius 2 is 2.24 bits per heavy atom. The van der Waals surface area contributed by atoms with Crippen molar-refractivity contribution in [3.05, 3.63) is 23.4 Å². The first-order chi connectivity index (χ1) is 8.06. The molecule has 0 radical (unpaired) electrons. The molecule has 1 aromatic rings.